The first-order valence-corrected chi connectivity index (χ1v) is 11.7. The molecule has 0 radical (unpaired) electrons. The third kappa shape index (κ3) is 3.10. The summed E-state index contributed by atoms with van der Waals surface area (Å²) in [5, 5.41) is 16.9. The molecule has 33 heavy (non-hydrogen) atoms. The number of pyridine rings is 1. The summed E-state index contributed by atoms with van der Waals surface area (Å²) in [6, 6.07) is 12.0. The van der Waals surface area contributed by atoms with Crippen LogP contribution in [0.25, 0.3) is 11.0 Å². The Morgan fingerprint density at radius 1 is 1.21 bits per heavy atom. The predicted molar refractivity (Wildman–Crippen MR) is 128 cm³/mol. The molecule has 0 amide bonds. The molecule has 2 aromatic heterocycles. The summed E-state index contributed by atoms with van der Waals surface area (Å²) >= 11 is 0. The Bertz CT molecular complexity index is 1320. The van der Waals surface area contributed by atoms with Gasteiger partial charge in [0.1, 0.15) is 17.3 Å². The SMILES string of the molecule is CCC1(n2c(=O)c(C#N)cc3cnc(Nc4ccc(N5CC6(CNC6)C5)cc4)nc32)CCC1. The van der Waals surface area contributed by atoms with E-state index >= 15 is 0 Å². The van der Waals surface area contributed by atoms with Crippen molar-refractivity contribution in [1.29, 1.82) is 5.26 Å². The van der Waals surface area contributed by atoms with E-state index < -0.39 is 0 Å². The Labute approximate surface area is 192 Å². The number of fused-ring (bicyclic) bond motifs is 1. The minimum Gasteiger partial charge on any atom is -0.370 e. The second kappa shape index (κ2) is 7.29. The minimum atomic E-state index is -0.264. The van der Waals surface area contributed by atoms with Gasteiger partial charge in [-0.25, -0.2) is 4.98 Å². The van der Waals surface area contributed by atoms with Crippen molar-refractivity contribution >= 4 is 28.4 Å². The summed E-state index contributed by atoms with van der Waals surface area (Å²) in [5.74, 6) is 0.446. The normalized spacial score (nSPS) is 19.9. The van der Waals surface area contributed by atoms with Gasteiger partial charge in [-0.15, -0.1) is 0 Å². The monoisotopic (exact) mass is 441 g/mol. The number of rotatable bonds is 5. The van der Waals surface area contributed by atoms with Crippen LogP contribution in [0, 0.1) is 16.7 Å². The minimum absolute atomic E-state index is 0.146. The van der Waals surface area contributed by atoms with E-state index in [0.717, 1.165) is 57.5 Å². The van der Waals surface area contributed by atoms with Gasteiger partial charge in [-0.1, -0.05) is 6.92 Å². The first-order valence-electron chi connectivity index (χ1n) is 11.7. The number of hydrogen-bond donors (Lipinski definition) is 2. The molecular weight excluding hydrogens is 414 g/mol. The van der Waals surface area contributed by atoms with Crippen LogP contribution < -0.4 is 21.1 Å². The van der Waals surface area contributed by atoms with Crippen LogP contribution in [0.4, 0.5) is 17.3 Å². The average molecular weight is 442 g/mol. The maximum absolute atomic E-state index is 13.1. The molecule has 8 heteroatoms. The maximum Gasteiger partial charge on any atom is 0.270 e. The molecular formula is C25H27N7O. The van der Waals surface area contributed by atoms with Crippen molar-refractivity contribution in [2.24, 2.45) is 5.41 Å². The van der Waals surface area contributed by atoms with Gasteiger partial charge in [0.15, 0.2) is 0 Å². The van der Waals surface area contributed by atoms with Crippen LogP contribution >= 0.6 is 0 Å². The Morgan fingerprint density at radius 3 is 2.55 bits per heavy atom. The second-order valence-electron chi connectivity index (χ2n) is 9.85. The highest BCUT2D eigenvalue weighted by Crippen LogP contribution is 2.42. The molecule has 1 aromatic carbocycles. The summed E-state index contributed by atoms with van der Waals surface area (Å²) < 4.78 is 1.76. The van der Waals surface area contributed by atoms with Crippen LogP contribution in [-0.4, -0.2) is 40.7 Å². The van der Waals surface area contributed by atoms with Crippen LogP contribution in [-0.2, 0) is 5.54 Å². The molecule has 4 heterocycles. The number of benzene rings is 1. The molecule has 8 nitrogen and oxygen atoms in total. The molecule has 3 aromatic rings. The van der Waals surface area contributed by atoms with Crippen LogP contribution in [0.2, 0.25) is 0 Å². The zero-order chi connectivity index (χ0) is 22.6. The van der Waals surface area contributed by atoms with Crippen LogP contribution in [0.3, 0.4) is 0 Å². The summed E-state index contributed by atoms with van der Waals surface area (Å²) in [7, 11) is 0. The highest BCUT2D eigenvalue weighted by molar-refractivity contribution is 5.78. The molecule has 1 saturated carbocycles. The Hall–Kier alpha value is -3.44. The maximum atomic E-state index is 13.1. The van der Waals surface area contributed by atoms with E-state index in [4.69, 9.17) is 4.98 Å². The lowest BCUT2D eigenvalue weighted by atomic mass is 9.74. The molecule has 3 aliphatic rings. The number of nitrogens with one attached hydrogen (secondary N) is 2. The lowest BCUT2D eigenvalue weighted by molar-refractivity contribution is 0.121. The van der Waals surface area contributed by atoms with Crippen LogP contribution in [0.5, 0.6) is 0 Å². The second-order valence-corrected chi connectivity index (χ2v) is 9.85. The van der Waals surface area contributed by atoms with Gasteiger partial charge in [-0.2, -0.15) is 10.2 Å². The van der Waals surface area contributed by atoms with Crippen LogP contribution in [0.15, 0.2) is 41.3 Å². The fourth-order valence-electron chi connectivity index (χ4n) is 5.53. The highest BCUT2D eigenvalue weighted by atomic mass is 16.1. The van der Waals surface area contributed by atoms with Gasteiger partial charge >= 0.3 is 0 Å². The van der Waals surface area contributed by atoms with Crippen molar-refractivity contribution in [3.8, 4) is 6.07 Å². The molecule has 0 unspecified atom stereocenters. The fourth-order valence-corrected chi connectivity index (χ4v) is 5.53. The van der Waals surface area contributed by atoms with Gasteiger partial charge in [-0.3, -0.25) is 9.36 Å². The Kier molecular flexibility index (Phi) is 4.46. The molecule has 168 valence electrons. The highest BCUT2D eigenvalue weighted by Gasteiger charge is 2.47. The number of aromatic nitrogens is 3. The molecule has 2 N–H and O–H groups in total. The number of hydrogen-bond acceptors (Lipinski definition) is 7. The molecule has 0 bridgehead atoms. The topological polar surface area (TPSA) is 98.9 Å². The standard InChI is InChI=1S/C25H27N7O/c1-2-25(8-3-9-25)32-21-18(10-17(11-26)22(32)33)12-28-23(30-21)29-19-4-6-20(7-5-19)31-15-24(16-31)13-27-14-24/h4-7,10,12,27H,2-3,8-9,13-16H2,1H3,(H,28,29,30). The summed E-state index contributed by atoms with van der Waals surface area (Å²) in [5.41, 5.74) is 2.84. The number of nitrogens with zero attached hydrogens (tertiary/aromatic N) is 5. The largest absolute Gasteiger partial charge is 0.370 e. The number of anilines is 3. The first-order chi connectivity index (χ1) is 16.0. The summed E-state index contributed by atoms with van der Waals surface area (Å²) in [4.78, 5) is 24.7. The average Bonchev–Trinajstić information content (AvgIpc) is 2.74. The lowest BCUT2D eigenvalue weighted by Gasteiger charge is -2.57. The van der Waals surface area contributed by atoms with Crippen molar-refractivity contribution in [2.45, 2.75) is 38.1 Å². The quantitative estimate of drug-likeness (QED) is 0.628. The van der Waals surface area contributed by atoms with E-state index in [1.807, 2.05) is 12.1 Å². The third-order valence-electron chi connectivity index (χ3n) is 7.82. The third-order valence-corrected chi connectivity index (χ3v) is 7.82. The molecule has 2 saturated heterocycles. The predicted octanol–water partition coefficient (Wildman–Crippen LogP) is 3.11. The van der Waals surface area contributed by atoms with Gasteiger partial charge in [0.2, 0.25) is 5.95 Å². The summed E-state index contributed by atoms with van der Waals surface area (Å²) in [6.45, 7) is 6.58. The van der Waals surface area contributed by atoms with E-state index in [-0.39, 0.29) is 16.7 Å². The van der Waals surface area contributed by atoms with Gasteiger partial charge in [0, 0.05) is 60.1 Å². The Balaban J connectivity index is 1.30. The molecule has 1 aliphatic carbocycles. The van der Waals surface area contributed by atoms with E-state index in [0.29, 0.717) is 22.4 Å². The van der Waals surface area contributed by atoms with Crippen molar-refractivity contribution in [3.63, 3.8) is 0 Å². The molecule has 3 fully saturated rings. The fraction of sp³-hybridized carbons (Fsp3) is 0.440. The lowest BCUT2D eigenvalue weighted by Crippen LogP contribution is -2.71. The summed E-state index contributed by atoms with van der Waals surface area (Å²) in [6.07, 6.45) is 5.46. The van der Waals surface area contributed by atoms with Gasteiger partial charge in [-0.05, 0) is 56.0 Å². The van der Waals surface area contributed by atoms with E-state index in [1.165, 1.54) is 5.69 Å². The smallest absolute Gasteiger partial charge is 0.270 e. The van der Waals surface area contributed by atoms with Crippen molar-refractivity contribution < 1.29 is 0 Å². The molecule has 1 spiro atoms. The van der Waals surface area contributed by atoms with Crippen molar-refractivity contribution in [2.75, 3.05) is 36.4 Å². The Morgan fingerprint density at radius 2 is 1.97 bits per heavy atom. The van der Waals surface area contributed by atoms with Gasteiger partial charge in [0.05, 0.1) is 0 Å². The van der Waals surface area contributed by atoms with Crippen molar-refractivity contribution in [1.82, 2.24) is 19.9 Å². The first kappa shape index (κ1) is 20.2. The van der Waals surface area contributed by atoms with Crippen LogP contribution in [0.1, 0.15) is 38.2 Å². The zero-order valence-electron chi connectivity index (χ0n) is 18.8. The number of nitriles is 1. The van der Waals surface area contributed by atoms with E-state index in [1.54, 1.807) is 16.8 Å². The zero-order valence-corrected chi connectivity index (χ0v) is 18.8. The molecule has 0 atom stereocenters. The molecule has 2 aliphatic heterocycles. The van der Waals surface area contributed by atoms with E-state index in [2.05, 4.69) is 45.6 Å². The molecule has 6 rings (SSSR count). The van der Waals surface area contributed by atoms with E-state index in [9.17, 15) is 10.1 Å². The van der Waals surface area contributed by atoms with Gasteiger partial charge < -0.3 is 15.5 Å². The van der Waals surface area contributed by atoms with Gasteiger partial charge in [0.25, 0.3) is 5.56 Å². The van der Waals surface area contributed by atoms with Crippen molar-refractivity contribution in [3.05, 3.63) is 52.4 Å².